The van der Waals surface area contributed by atoms with E-state index in [0.29, 0.717) is 13.0 Å². The summed E-state index contributed by atoms with van der Waals surface area (Å²) in [4.78, 5) is 11.8. The fourth-order valence-electron chi connectivity index (χ4n) is 2.36. The molecule has 0 saturated carbocycles. The minimum atomic E-state index is -0.692. The molecule has 0 spiro atoms. The van der Waals surface area contributed by atoms with Crippen molar-refractivity contribution in [2.75, 3.05) is 6.61 Å². The summed E-state index contributed by atoms with van der Waals surface area (Å²) >= 11 is 0. The Morgan fingerprint density at radius 1 is 1.32 bits per heavy atom. The Hall–Kier alpha value is -1.35. The van der Waals surface area contributed by atoms with Crippen LogP contribution in [0.15, 0.2) is 30.3 Å². The van der Waals surface area contributed by atoms with Crippen molar-refractivity contribution in [3.05, 3.63) is 35.9 Å². The van der Waals surface area contributed by atoms with Crippen molar-refractivity contribution in [3.63, 3.8) is 0 Å². The van der Waals surface area contributed by atoms with Crippen molar-refractivity contribution in [2.24, 2.45) is 0 Å². The highest BCUT2D eigenvalue weighted by molar-refractivity contribution is 5.69. The summed E-state index contributed by atoms with van der Waals surface area (Å²) in [5.74, 6) is -0.845. The van der Waals surface area contributed by atoms with Gasteiger partial charge in [0, 0.05) is 19.8 Å². The maximum atomic E-state index is 11.8. The van der Waals surface area contributed by atoms with Crippen LogP contribution in [0, 0.1) is 0 Å². The van der Waals surface area contributed by atoms with E-state index >= 15 is 0 Å². The van der Waals surface area contributed by atoms with Crippen LogP contribution in [0.5, 0.6) is 0 Å². The molecule has 2 rings (SSSR count). The third kappa shape index (κ3) is 4.67. The predicted molar refractivity (Wildman–Crippen MR) is 73.7 cm³/mol. The lowest BCUT2D eigenvalue weighted by Gasteiger charge is -2.33. The normalized spacial score (nSPS) is 23.0. The third-order valence-corrected chi connectivity index (χ3v) is 3.45. The molecule has 1 atom stereocenters. The van der Waals surface area contributed by atoms with Gasteiger partial charge in [-0.1, -0.05) is 30.3 Å². The first kappa shape index (κ1) is 14.1. The lowest BCUT2D eigenvalue weighted by Crippen LogP contribution is -2.37. The molecule has 1 fully saturated rings. The zero-order valence-corrected chi connectivity index (χ0v) is 11.6. The summed E-state index contributed by atoms with van der Waals surface area (Å²) < 4.78 is 11.0. The molecule has 0 aliphatic carbocycles. The van der Waals surface area contributed by atoms with Crippen molar-refractivity contribution in [3.8, 4) is 0 Å². The van der Waals surface area contributed by atoms with E-state index in [0.717, 1.165) is 32.1 Å². The van der Waals surface area contributed by atoms with Gasteiger partial charge < -0.3 is 9.47 Å². The Labute approximate surface area is 114 Å². The molecule has 1 aliphatic rings. The van der Waals surface area contributed by atoms with Crippen LogP contribution in [0.2, 0.25) is 0 Å². The van der Waals surface area contributed by atoms with Crippen LogP contribution in [0.25, 0.3) is 0 Å². The number of carbonyl (C=O) groups excluding carboxylic acids is 1. The van der Waals surface area contributed by atoms with E-state index in [4.69, 9.17) is 9.47 Å². The van der Waals surface area contributed by atoms with Crippen molar-refractivity contribution in [1.29, 1.82) is 0 Å². The van der Waals surface area contributed by atoms with Gasteiger partial charge in [0.2, 0.25) is 5.79 Å². The lowest BCUT2D eigenvalue weighted by molar-refractivity contribution is -0.237. The van der Waals surface area contributed by atoms with Gasteiger partial charge in [0.25, 0.3) is 0 Å². The van der Waals surface area contributed by atoms with Gasteiger partial charge in [0.15, 0.2) is 0 Å². The van der Waals surface area contributed by atoms with Crippen LogP contribution >= 0.6 is 0 Å². The summed E-state index contributed by atoms with van der Waals surface area (Å²) in [6.45, 7) is 2.55. The van der Waals surface area contributed by atoms with Crippen LogP contribution in [0.1, 0.15) is 44.6 Å². The topological polar surface area (TPSA) is 35.5 Å². The zero-order chi connectivity index (χ0) is 13.6. The molecule has 3 nitrogen and oxygen atoms in total. The van der Waals surface area contributed by atoms with E-state index in [1.165, 1.54) is 5.56 Å². The molecule has 104 valence electrons. The van der Waals surface area contributed by atoms with E-state index in [1.54, 1.807) is 0 Å². The van der Waals surface area contributed by atoms with Crippen molar-refractivity contribution >= 4 is 5.97 Å². The molecule has 3 heteroatoms. The quantitative estimate of drug-likeness (QED) is 0.762. The third-order valence-electron chi connectivity index (χ3n) is 3.45. The number of hydrogen-bond donors (Lipinski definition) is 0. The number of carbonyl (C=O) groups is 1. The van der Waals surface area contributed by atoms with Gasteiger partial charge in [-0.05, 0) is 31.2 Å². The molecule has 0 N–H and O–H groups in total. The number of esters is 1. The Morgan fingerprint density at radius 2 is 2.11 bits per heavy atom. The molecule has 1 unspecified atom stereocenters. The molecule has 0 bridgehead atoms. The highest BCUT2D eigenvalue weighted by Gasteiger charge is 2.31. The Morgan fingerprint density at radius 3 is 2.79 bits per heavy atom. The number of benzene rings is 1. The first-order chi connectivity index (χ1) is 9.18. The van der Waals surface area contributed by atoms with Crippen LogP contribution in [0.4, 0.5) is 0 Å². The van der Waals surface area contributed by atoms with Gasteiger partial charge in [-0.25, -0.2) is 0 Å². The van der Waals surface area contributed by atoms with E-state index in [9.17, 15) is 4.79 Å². The van der Waals surface area contributed by atoms with E-state index in [2.05, 4.69) is 12.1 Å². The molecule has 1 aromatic rings. The van der Waals surface area contributed by atoms with Gasteiger partial charge in [-0.2, -0.15) is 0 Å². The largest absolute Gasteiger partial charge is 0.433 e. The molecule has 0 aromatic heterocycles. The molecule has 19 heavy (non-hydrogen) atoms. The average molecular weight is 262 g/mol. The molecule has 1 saturated heterocycles. The standard InChI is InChI=1S/C16H22O3/c1-16(12-5-6-13-18-16)19-15(17)11-7-10-14-8-3-2-4-9-14/h2-4,8-9H,5-7,10-13H2,1H3. The van der Waals surface area contributed by atoms with E-state index in [-0.39, 0.29) is 5.97 Å². The molecular weight excluding hydrogens is 240 g/mol. The van der Waals surface area contributed by atoms with Gasteiger partial charge in [0.1, 0.15) is 0 Å². The average Bonchev–Trinajstić information content (AvgIpc) is 2.40. The number of hydrogen-bond acceptors (Lipinski definition) is 3. The molecular formula is C16H22O3. The Balaban J connectivity index is 1.70. The summed E-state index contributed by atoms with van der Waals surface area (Å²) in [6.07, 6.45) is 5.10. The fourth-order valence-corrected chi connectivity index (χ4v) is 2.36. The number of rotatable bonds is 5. The van der Waals surface area contributed by atoms with Crippen LogP contribution in [-0.4, -0.2) is 18.4 Å². The molecule has 0 radical (unpaired) electrons. The minimum Gasteiger partial charge on any atom is -0.433 e. The maximum absolute atomic E-state index is 11.8. The lowest BCUT2D eigenvalue weighted by atomic mass is 10.1. The smallest absolute Gasteiger partial charge is 0.308 e. The maximum Gasteiger partial charge on any atom is 0.308 e. The highest BCUT2D eigenvalue weighted by Crippen LogP contribution is 2.26. The first-order valence-corrected chi connectivity index (χ1v) is 7.08. The van der Waals surface area contributed by atoms with Gasteiger partial charge in [-0.15, -0.1) is 0 Å². The summed E-state index contributed by atoms with van der Waals surface area (Å²) in [6, 6.07) is 10.2. The van der Waals surface area contributed by atoms with Gasteiger partial charge >= 0.3 is 5.97 Å². The predicted octanol–water partition coefficient (Wildman–Crippen LogP) is 3.47. The number of aryl methyl sites for hydroxylation is 1. The fraction of sp³-hybridized carbons (Fsp3) is 0.562. The van der Waals surface area contributed by atoms with Crippen molar-refractivity contribution in [2.45, 2.75) is 51.2 Å². The van der Waals surface area contributed by atoms with Crippen molar-refractivity contribution < 1.29 is 14.3 Å². The summed E-state index contributed by atoms with van der Waals surface area (Å²) in [7, 11) is 0. The number of ether oxygens (including phenoxy) is 2. The monoisotopic (exact) mass is 262 g/mol. The molecule has 1 aromatic carbocycles. The second kappa shape index (κ2) is 6.71. The van der Waals surface area contributed by atoms with E-state index in [1.807, 2.05) is 25.1 Å². The van der Waals surface area contributed by atoms with Crippen molar-refractivity contribution in [1.82, 2.24) is 0 Å². The molecule has 0 amide bonds. The SMILES string of the molecule is CC1(OC(=O)CCCc2ccccc2)CCCCO1. The summed E-state index contributed by atoms with van der Waals surface area (Å²) in [5, 5.41) is 0. The Bertz CT molecular complexity index is 394. The van der Waals surface area contributed by atoms with Crippen LogP contribution in [0.3, 0.4) is 0 Å². The second-order valence-corrected chi connectivity index (χ2v) is 5.25. The van der Waals surface area contributed by atoms with E-state index < -0.39 is 5.79 Å². The molecule has 1 heterocycles. The van der Waals surface area contributed by atoms with Gasteiger partial charge in [0.05, 0.1) is 6.61 Å². The zero-order valence-electron chi connectivity index (χ0n) is 11.6. The van der Waals surface area contributed by atoms with Gasteiger partial charge in [-0.3, -0.25) is 4.79 Å². The van der Waals surface area contributed by atoms with Crippen LogP contribution in [-0.2, 0) is 20.7 Å². The summed E-state index contributed by atoms with van der Waals surface area (Å²) in [5.41, 5.74) is 1.26. The first-order valence-electron chi connectivity index (χ1n) is 7.08. The Kier molecular flexibility index (Phi) is 4.97. The van der Waals surface area contributed by atoms with Crippen LogP contribution < -0.4 is 0 Å². The molecule has 1 aliphatic heterocycles. The second-order valence-electron chi connectivity index (χ2n) is 5.25. The minimum absolute atomic E-state index is 0.152. The highest BCUT2D eigenvalue weighted by atomic mass is 16.7.